The largest absolute Gasteiger partial charge is 0.229 e. The molecule has 0 saturated heterocycles. The summed E-state index contributed by atoms with van der Waals surface area (Å²) in [6.07, 6.45) is 0.823. The van der Waals surface area contributed by atoms with Gasteiger partial charge in [-0.05, 0) is 11.8 Å². The highest BCUT2D eigenvalue weighted by Gasteiger charge is 2.21. The summed E-state index contributed by atoms with van der Waals surface area (Å²) >= 11 is 0. The molecule has 0 aliphatic heterocycles. The van der Waals surface area contributed by atoms with Crippen molar-refractivity contribution in [3.63, 3.8) is 0 Å². The Kier molecular flexibility index (Phi) is 2.86. The van der Waals surface area contributed by atoms with Crippen LogP contribution < -0.4 is 5.14 Å². The van der Waals surface area contributed by atoms with Gasteiger partial charge in [-0.1, -0.05) is 20.8 Å². The highest BCUT2D eigenvalue weighted by Crippen LogP contribution is 2.20. The average Bonchev–Trinajstić information content (AvgIpc) is 1.60. The van der Waals surface area contributed by atoms with Crippen LogP contribution in [-0.2, 0) is 10.0 Å². The molecule has 10 heavy (non-hydrogen) atoms. The summed E-state index contributed by atoms with van der Waals surface area (Å²) in [5.41, 5.74) is -0.187. The van der Waals surface area contributed by atoms with E-state index in [9.17, 15) is 8.42 Å². The molecular weight excluding hydrogens is 150 g/mol. The first-order valence-electron chi connectivity index (χ1n) is 3.27. The first-order chi connectivity index (χ1) is 4.27. The lowest BCUT2D eigenvalue weighted by atomic mass is 9.93. The lowest BCUT2D eigenvalue weighted by molar-refractivity contribution is 0.397. The van der Waals surface area contributed by atoms with Gasteiger partial charge in [0.2, 0.25) is 10.0 Å². The standard InChI is InChI=1S/C6H15NO2S/c1-4-6(2,3)5-10(7,8)9/h4-5H2,1-3H3,(H2,7,8,9). The molecule has 0 aliphatic carbocycles. The number of nitrogens with two attached hydrogens (primary N) is 1. The van der Waals surface area contributed by atoms with Gasteiger partial charge in [-0.15, -0.1) is 0 Å². The molecule has 0 bridgehead atoms. The Morgan fingerprint density at radius 1 is 1.40 bits per heavy atom. The van der Waals surface area contributed by atoms with Gasteiger partial charge in [-0.3, -0.25) is 0 Å². The monoisotopic (exact) mass is 165 g/mol. The molecule has 0 aliphatic rings. The van der Waals surface area contributed by atoms with Gasteiger partial charge in [-0.2, -0.15) is 0 Å². The van der Waals surface area contributed by atoms with Crippen LogP contribution in [0.3, 0.4) is 0 Å². The highest BCUT2D eigenvalue weighted by molar-refractivity contribution is 7.89. The fourth-order valence-corrected chi connectivity index (χ4v) is 1.94. The molecule has 0 fully saturated rings. The van der Waals surface area contributed by atoms with Crippen LogP contribution in [0.2, 0.25) is 0 Å². The zero-order chi connectivity index (χ0) is 8.41. The summed E-state index contributed by atoms with van der Waals surface area (Å²) < 4.78 is 21.2. The summed E-state index contributed by atoms with van der Waals surface area (Å²) in [5, 5.41) is 4.87. The van der Waals surface area contributed by atoms with Crippen LogP contribution in [0.5, 0.6) is 0 Å². The molecule has 62 valence electrons. The Morgan fingerprint density at radius 3 is 1.90 bits per heavy atom. The van der Waals surface area contributed by atoms with Gasteiger partial charge >= 0.3 is 0 Å². The molecule has 0 unspecified atom stereocenters. The average molecular weight is 165 g/mol. The first-order valence-corrected chi connectivity index (χ1v) is 4.99. The molecule has 0 aromatic heterocycles. The summed E-state index contributed by atoms with van der Waals surface area (Å²) in [4.78, 5) is 0. The van der Waals surface area contributed by atoms with E-state index in [-0.39, 0.29) is 11.2 Å². The van der Waals surface area contributed by atoms with Crippen molar-refractivity contribution in [3.8, 4) is 0 Å². The fraction of sp³-hybridized carbons (Fsp3) is 1.00. The van der Waals surface area contributed by atoms with E-state index in [1.807, 2.05) is 20.8 Å². The van der Waals surface area contributed by atoms with Crippen molar-refractivity contribution in [2.75, 3.05) is 5.75 Å². The van der Waals surface area contributed by atoms with Gasteiger partial charge in [0, 0.05) is 0 Å². The predicted octanol–water partition coefficient (Wildman–Crippen LogP) is 0.711. The van der Waals surface area contributed by atoms with Gasteiger partial charge in [0.1, 0.15) is 0 Å². The van der Waals surface area contributed by atoms with Crippen LogP contribution in [0.4, 0.5) is 0 Å². The summed E-state index contributed by atoms with van der Waals surface area (Å²) in [5.74, 6) is 0.0660. The number of hydrogen-bond donors (Lipinski definition) is 1. The molecule has 0 heterocycles. The van der Waals surface area contributed by atoms with E-state index < -0.39 is 10.0 Å². The molecular formula is C6H15NO2S. The van der Waals surface area contributed by atoms with Gasteiger partial charge in [-0.25, -0.2) is 13.6 Å². The Morgan fingerprint density at radius 2 is 1.80 bits per heavy atom. The zero-order valence-electron chi connectivity index (χ0n) is 6.72. The lowest BCUT2D eigenvalue weighted by Gasteiger charge is -2.20. The van der Waals surface area contributed by atoms with Crippen molar-refractivity contribution in [1.29, 1.82) is 0 Å². The van der Waals surface area contributed by atoms with Crippen molar-refractivity contribution in [3.05, 3.63) is 0 Å². The maximum atomic E-state index is 10.6. The second-order valence-electron chi connectivity index (χ2n) is 3.32. The first kappa shape index (κ1) is 9.91. The minimum absolute atomic E-state index is 0.0660. The van der Waals surface area contributed by atoms with E-state index in [2.05, 4.69) is 0 Å². The molecule has 4 heteroatoms. The quantitative estimate of drug-likeness (QED) is 0.669. The molecule has 0 aromatic rings. The Bertz CT molecular complexity index is 194. The van der Waals surface area contributed by atoms with E-state index in [0.29, 0.717) is 0 Å². The summed E-state index contributed by atoms with van der Waals surface area (Å²) in [6.45, 7) is 5.72. The Balaban J connectivity index is 4.16. The van der Waals surface area contributed by atoms with Crippen molar-refractivity contribution in [2.24, 2.45) is 10.6 Å². The van der Waals surface area contributed by atoms with Crippen molar-refractivity contribution in [1.82, 2.24) is 0 Å². The lowest BCUT2D eigenvalue weighted by Crippen LogP contribution is -2.28. The fourth-order valence-electron chi connectivity index (χ4n) is 0.647. The topological polar surface area (TPSA) is 60.2 Å². The maximum absolute atomic E-state index is 10.6. The Labute approximate surface area is 62.7 Å². The van der Waals surface area contributed by atoms with Crippen LogP contribution in [0.15, 0.2) is 0 Å². The zero-order valence-corrected chi connectivity index (χ0v) is 7.53. The molecule has 2 N–H and O–H groups in total. The van der Waals surface area contributed by atoms with Crippen LogP contribution >= 0.6 is 0 Å². The van der Waals surface area contributed by atoms with Crippen LogP contribution in [0.25, 0.3) is 0 Å². The van der Waals surface area contributed by atoms with Crippen molar-refractivity contribution in [2.45, 2.75) is 27.2 Å². The molecule has 3 nitrogen and oxygen atoms in total. The summed E-state index contributed by atoms with van der Waals surface area (Å²) in [6, 6.07) is 0. The van der Waals surface area contributed by atoms with E-state index in [1.54, 1.807) is 0 Å². The third-order valence-corrected chi connectivity index (χ3v) is 2.73. The molecule has 0 spiro atoms. The highest BCUT2D eigenvalue weighted by atomic mass is 32.2. The minimum atomic E-state index is -3.29. The number of rotatable bonds is 3. The smallest absolute Gasteiger partial charge is 0.209 e. The second-order valence-corrected chi connectivity index (χ2v) is 4.94. The number of sulfonamides is 1. The van der Waals surface area contributed by atoms with Crippen LogP contribution in [-0.4, -0.2) is 14.2 Å². The number of hydrogen-bond acceptors (Lipinski definition) is 2. The van der Waals surface area contributed by atoms with Crippen LogP contribution in [0.1, 0.15) is 27.2 Å². The van der Waals surface area contributed by atoms with Crippen LogP contribution in [0, 0.1) is 5.41 Å². The SMILES string of the molecule is CCC(C)(C)CS(N)(=O)=O. The second kappa shape index (κ2) is 2.88. The number of primary sulfonamides is 1. The van der Waals surface area contributed by atoms with E-state index >= 15 is 0 Å². The molecule has 0 atom stereocenters. The van der Waals surface area contributed by atoms with Gasteiger partial charge in [0.25, 0.3) is 0 Å². The predicted molar refractivity (Wildman–Crippen MR) is 42.0 cm³/mol. The third kappa shape index (κ3) is 4.76. The normalized spacial score (nSPS) is 13.6. The third-order valence-electron chi connectivity index (χ3n) is 1.55. The van der Waals surface area contributed by atoms with E-state index in [4.69, 9.17) is 5.14 Å². The van der Waals surface area contributed by atoms with Gasteiger partial charge in [0.15, 0.2) is 0 Å². The molecule has 0 aromatic carbocycles. The minimum Gasteiger partial charge on any atom is -0.229 e. The van der Waals surface area contributed by atoms with Crippen molar-refractivity contribution < 1.29 is 8.42 Å². The maximum Gasteiger partial charge on any atom is 0.209 e. The molecule has 0 saturated carbocycles. The molecule has 0 radical (unpaired) electrons. The summed E-state index contributed by atoms with van der Waals surface area (Å²) in [7, 11) is -3.29. The van der Waals surface area contributed by atoms with Crippen molar-refractivity contribution >= 4 is 10.0 Å². The van der Waals surface area contributed by atoms with E-state index in [1.165, 1.54) is 0 Å². The molecule has 0 rings (SSSR count). The van der Waals surface area contributed by atoms with E-state index in [0.717, 1.165) is 6.42 Å². The van der Waals surface area contributed by atoms with Gasteiger partial charge in [0.05, 0.1) is 5.75 Å². The molecule has 0 amide bonds. The Hall–Kier alpha value is -0.0900. The van der Waals surface area contributed by atoms with Gasteiger partial charge < -0.3 is 0 Å².